The van der Waals surface area contributed by atoms with Gasteiger partial charge in [-0.15, -0.1) is 0 Å². The number of alkyl halides is 4. The van der Waals surface area contributed by atoms with Gasteiger partial charge in [0, 0.05) is 26.2 Å². The Balaban J connectivity index is 1.94. The van der Waals surface area contributed by atoms with Crippen LogP contribution in [0.1, 0.15) is 6.42 Å². The van der Waals surface area contributed by atoms with Crippen molar-refractivity contribution in [2.75, 3.05) is 38.6 Å². The number of aromatic nitrogens is 2. The first-order valence-electron chi connectivity index (χ1n) is 9.12. The third-order valence-electron chi connectivity index (χ3n) is 5.01. The first-order valence-corrected chi connectivity index (χ1v) is 9.12. The molecule has 1 N–H and O–H groups in total. The summed E-state index contributed by atoms with van der Waals surface area (Å²) < 4.78 is 67.0. The summed E-state index contributed by atoms with van der Waals surface area (Å²) in [6, 6.07) is 3.35. The van der Waals surface area contributed by atoms with Crippen LogP contribution in [0.15, 0.2) is 18.2 Å². The van der Waals surface area contributed by atoms with Crippen LogP contribution in [0.25, 0.3) is 11.0 Å². The Morgan fingerprint density at radius 2 is 2.10 bits per heavy atom. The molecule has 2 aromatic rings. The van der Waals surface area contributed by atoms with Crippen LogP contribution in [0.4, 0.5) is 27.9 Å². The molecule has 1 saturated heterocycles. The summed E-state index contributed by atoms with van der Waals surface area (Å²) in [5.74, 6) is -0.992. The van der Waals surface area contributed by atoms with E-state index >= 15 is 0 Å². The maximum absolute atomic E-state index is 14.0. The minimum Gasteiger partial charge on any atom is -0.340 e. The molecule has 1 aromatic carbocycles. The van der Waals surface area contributed by atoms with Crippen molar-refractivity contribution in [2.24, 2.45) is 0 Å². The number of piperidine rings is 1. The minimum absolute atomic E-state index is 0.227. The molecule has 6 nitrogen and oxygen atoms in total. The van der Waals surface area contributed by atoms with E-state index in [1.807, 2.05) is 0 Å². The largest absolute Gasteiger partial charge is 0.406 e. The number of likely N-dealkylation sites (N-methyl/N-ethyl adjacent to an activating group) is 2. The van der Waals surface area contributed by atoms with E-state index in [1.165, 1.54) is 22.8 Å². The van der Waals surface area contributed by atoms with Crippen LogP contribution in [-0.2, 0) is 11.3 Å². The Bertz CT molecular complexity index is 883. The van der Waals surface area contributed by atoms with E-state index in [2.05, 4.69) is 10.3 Å². The van der Waals surface area contributed by atoms with Gasteiger partial charge in [-0.3, -0.25) is 4.79 Å². The fourth-order valence-corrected chi connectivity index (χ4v) is 3.48. The number of hydrogen-bond donors (Lipinski definition) is 1. The zero-order chi connectivity index (χ0) is 21.3. The summed E-state index contributed by atoms with van der Waals surface area (Å²) in [6.07, 6.45) is -5.34. The monoisotopic (exact) mass is 419 g/mol. The van der Waals surface area contributed by atoms with Crippen LogP contribution in [0.2, 0.25) is 0 Å². The summed E-state index contributed by atoms with van der Waals surface area (Å²) >= 11 is 0. The Morgan fingerprint density at radius 3 is 2.76 bits per heavy atom. The second kappa shape index (κ2) is 8.13. The van der Waals surface area contributed by atoms with Gasteiger partial charge in [0.25, 0.3) is 0 Å². The molecule has 2 atom stereocenters. The van der Waals surface area contributed by atoms with Gasteiger partial charge in [-0.05, 0) is 25.6 Å². The third-order valence-corrected chi connectivity index (χ3v) is 5.01. The molecule has 160 valence electrons. The number of halogens is 5. The maximum atomic E-state index is 14.0. The number of nitrogens with zero attached hydrogens (tertiary/aromatic N) is 4. The third kappa shape index (κ3) is 4.77. The molecule has 0 bridgehead atoms. The lowest BCUT2D eigenvalue weighted by Gasteiger charge is -2.35. The summed E-state index contributed by atoms with van der Waals surface area (Å²) in [5, 5.41) is 2.89. The molecule has 1 aliphatic rings. The molecule has 0 radical (unpaired) electrons. The van der Waals surface area contributed by atoms with Crippen LogP contribution in [0, 0.1) is 5.82 Å². The lowest BCUT2D eigenvalue weighted by atomic mass is 10.0. The van der Waals surface area contributed by atoms with Crippen LogP contribution in [0.5, 0.6) is 0 Å². The van der Waals surface area contributed by atoms with Crippen LogP contribution in [-0.4, -0.2) is 72.5 Å². The van der Waals surface area contributed by atoms with Crippen molar-refractivity contribution in [1.29, 1.82) is 0 Å². The molecule has 1 fully saturated rings. The molecule has 0 spiro atoms. The quantitative estimate of drug-likeness (QED) is 0.756. The highest BCUT2D eigenvalue weighted by Crippen LogP contribution is 2.27. The molecule has 1 amide bonds. The predicted octanol–water partition coefficient (Wildman–Crippen LogP) is 2.33. The molecule has 11 heteroatoms. The summed E-state index contributed by atoms with van der Waals surface area (Å²) in [4.78, 5) is 19.1. The fraction of sp³-hybridized carbons (Fsp3) is 0.556. The van der Waals surface area contributed by atoms with Gasteiger partial charge in [0.05, 0.1) is 17.1 Å². The van der Waals surface area contributed by atoms with Crippen LogP contribution < -0.4 is 10.2 Å². The SMILES string of the molecule is CN[C@@H]1CN(c2nc3cc(F)ccc3n2CC(=O)N(C)CC(F)(F)F)CC[C@H]1F. The highest BCUT2D eigenvalue weighted by atomic mass is 19.4. The number of anilines is 1. The van der Waals surface area contributed by atoms with Gasteiger partial charge < -0.3 is 19.7 Å². The zero-order valence-corrected chi connectivity index (χ0v) is 16.0. The number of rotatable bonds is 5. The molecule has 0 unspecified atom stereocenters. The van der Waals surface area contributed by atoms with E-state index in [1.54, 1.807) is 11.9 Å². The van der Waals surface area contributed by atoms with Crippen LogP contribution in [0.3, 0.4) is 0 Å². The van der Waals surface area contributed by atoms with Crippen LogP contribution >= 0.6 is 0 Å². The molecule has 2 heterocycles. The van der Waals surface area contributed by atoms with Crippen molar-refractivity contribution in [3.63, 3.8) is 0 Å². The maximum Gasteiger partial charge on any atom is 0.406 e. The second-order valence-electron chi connectivity index (χ2n) is 7.14. The molecule has 1 aromatic heterocycles. The standard InChI is InChI=1S/C18H22F5N5O/c1-24-14-8-27(6-5-12(14)20)17-25-13-7-11(19)3-4-15(13)28(17)9-16(29)26(2)10-18(21,22)23/h3-4,7,12,14,24H,5-6,8-10H2,1-2H3/t12-,14-/m1/s1. The van der Waals surface area contributed by atoms with Gasteiger partial charge in [-0.2, -0.15) is 13.2 Å². The number of benzene rings is 1. The first-order chi connectivity index (χ1) is 13.6. The number of nitrogens with one attached hydrogen (secondary N) is 1. The summed E-state index contributed by atoms with van der Waals surface area (Å²) in [5.41, 5.74) is 0.688. The van der Waals surface area contributed by atoms with Gasteiger partial charge in [-0.25, -0.2) is 13.8 Å². The van der Waals surface area contributed by atoms with Crippen molar-refractivity contribution in [2.45, 2.75) is 31.4 Å². The molecule has 0 saturated carbocycles. The Kier molecular flexibility index (Phi) is 5.97. The van der Waals surface area contributed by atoms with Gasteiger partial charge in [0.2, 0.25) is 11.9 Å². The number of imidazole rings is 1. The number of hydrogen-bond acceptors (Lipinski definition) is 4. The smallest absolute Gasteiger partial charge is 0.340 e. The Morgan fingerprint density at radius 1 is 1.38 bits per heavy atom. The normalized spacial score (nSPS) is 20.3. The molecular formula is C18H22F5N5O. The van der Waals surface area contributed by atoms with E-state index in [0.717, 1.165) is 7.05 Å². The minimum atomic E-state index is -4.52. The number of fused-ring (bicyclic) bond motifs is 1. The van der Waals surface area contributed by atoms with Crippen molar-refractivity contribution < 1.29 is 26.7 Å². The van der Waals surface area contributed by atoms with Gasteiger partial charge in [-0.1, -0.05) is 0 Å². The average Bonchev–Trinajstić information content (AvgIpc) is 2.98. The predicted molar refractivity (Wildman–Crippen MR) is 98.0 cm³/mol. The molecule has 29 heavy (non-hydrogen) atoms. The van der Waals surface area contributed by atoms with Crippen molar-refractivity contribution in [1.82, 2.24) is 19.8 Å². The first kappa shape index (κ1) is 21.3. The summed E-state index contributed by atoms with van der Waals surface area (Å²) in [7, 11) is 2.70. The van der Waals surface area contributed by atoms with Gasteiger partial charge in [0.1, 0.15) is 25.1 Å². The molecule has 1 aliphatic heterocycles. The van der Waals surface area contributed by atoms with Gasteiger partial charge >= 0.3 is 6.18 Å². The number of carbonyl (C=O) groups excluding carboxylic acids is 1. The topological polar surface area (TPSA) is 53.4 Å². The molecule has 0 aliphatic carbocycles. The number of amides is 1. The van der Waals surface area contributed by atoms with E-state index in [9.17, 15) is 26.7 Å². The van der Waals surface area contributed by atoms with E-state index < -0.39 is 43.2 Å². The lowest BCUT2D eigenvalue weighted by Crippen LogP contribution is -2.52. The number of carbonyl (C=O) groups is 1. The fourth-order valence-electron chi connectivity index (χ4n) is 3.48. The van der Waals surface area contributed by atoms with E-state index in [-0.39, 0.29) is 18.5 Å². The summed E-state index contributed by atoms with van der Waals surface area (Å²) in [6.45, 7) is -1.20. The van der Waals surface area contributed by atoms with Crippen molar-refractivity contribution in [3.05, 3.63) is 24.0 Å². The average molecular weight is 419 g/mol. The second-order valence-corrected chi connectivity index (χ2v) is 7.14. The molecular weight excluding hydrogens is 397 g/mol. The molecule has 3 rings (SSSR count). The Hall–Kier alpha value is -2.43. The highest BCUT2D eigenvalue weighted by Gasteiger charge is 2.33. The van der Waals surface area contributed by atoms with E-state index in [0.29, 0.717) is 22.9 Å². The van der Waals surface area contributed by atoms with Crippen molar-refractivity contribution >= 4 is 22.9 Å². The van der Waals surface area contributed by atoms with E-state index in [4.69, 9.17) is 0 Å². The van der Waals surface area contributed by atoms with Gasteiger partial charge in [0.15, 0.2) is 0 Å². The zero-order valence-electron chi connectivity index (χ0n) is 16.0. The van der Waals surface area contributed by atoms with Crippen molar-refractivity contribution in [3.8, 4) is 0 Å². The Labute approximate surface area is 164 Å². The lowest BCUT2D eigenvalue weighted by molar-refractivity contribution is -0.158. The highest BCUT2D eigenvalue weighted by molar-refractivity contribution is 5.83.